The fraction of sp³-hybridized carbons (Fsp3) is 0.562. The van der Waals surface area contributed by atoms with Gasteiger partial charge in [0, 0.05) is 12.0 Å². The van der Waals surface area contributed by atoms with Gasteiger partial charge in [-0.3, -0.25) is 4.79 Å². The van der Waals surface area contributed by atoms with Crippen molar-refractivity contribution in [2.75, 3.05) is 0 Å². The highest BCUT2D eigenvalue weighted by atomic mass is 16.1. The molecule has 0 amide bonds. The van der Waals surface area contributed by atoms with Crippen LogP contribution in [0.15, 0.2) is 18.2 Å². The third-order valence-electron chi connectivity index (χ3n) is 3.41. The molecule has 0 spiro atoms. The largest absolute Gasteiger partial charge is 0.294 e. The van der Waals surface area contributed by atoms with Crippen LogP contribution in [0.3, 0.4) is 0 Å². The van der Waals surface area contributed by atoms with Gasteiger partial charge in [0.2, 0.25) is 0 Å². The average Bonchev–Trinajstić information content (AvgIpc) is 2.32. The summed E-state index contributed by atoms with van der Waals surface area (Å²) in [6.45, 7) is 6.31. The Balaban J connectivity index is 2.44. The number of carbonyl (C=O) groups is 1. The van der Waals surface area contributed by atoms with Crippen LogP contribution in [0.1, 0.15) is 66.9 Å². The zero-order chi connectivity index (χ0) is 12.7. The van der Waals surface area contributed by atoms with E-state index in [-0.39, 0.29) is 0 Å². The zero-order valence-electron chi connectivity index (χ0n) is 11.4. The van der Waals surface area contributed by atoms with Gasteiger partial charge in [-0.2, -0.15) is 0 Å². The normalized spacial score (nSPS) is 10.5. The number of aryl methyl sites for hydroxylation is 1. The number of hydrogen-bond acceptors (Lipinski definition) is 1. The topological polar surface area (TPSA) is 17.1 Å². The second-order valence-corrected chi connectivity index (χ2v) is 4.83. The molecule has 17 heavy (non-hydrogen) atoms. The van der Waals surface area contributed by atoms with Gasteiger partial charge in [0.05, 0.1) is 0 Å². The smallest absolute Gasteiger partial charge is 0.163 e. The molecule has 0 radical (unpaired) electrons. The van der Waals surface area contributed by atoms with Crippen LogP contribution < -0.4 is 0 Å². The van der Waals surface area contributed by atoms with Gasteiger partial charge in [0.1, 0.15) is 0 Å². The van der Waals surface area contributed by atoms with E-state index < -0.39 is 0 Å². The quantitative estimate of drug-likeness (QED) is 0.485. The predicted molar refractivity (Wildman–Crippen MR) is 73.6 cm³/mol. The second-order valence-electron chi connectivity index (χ2n) is 4.83. The molecule has 0 heterocycles. The molecule has 0 aliphatic heterocycles. The minimum Gasteiger partial charge on any atom is -0.294 e. The van der Waals surface area contributed by atoms with Crippen LogP contribution in [-0.2, 0) is 0 Å². The van der Waals surface area contributed by atoms with Crippen molar-refractivity contribution in [1.82, 2.24) is 0 Å². The molecule has 1 heteroatoms. The van der Waals surface area contributed by atoms with Gasteiger partial charge in [-0.25, -0.2) is 0 Å². The third-order valence-corrected chi connectivity index (χ3v) is 3.41. The van der Waals surface area contributed by atoms with Gasteiger partial charge in [-0.1, -0.05) is 50.8 Å². The van der Waals surface area contributed by atoms with Crippen molar-refractivity contribution in [2.24, 2.45) is 0 Å². The maximum absolute atomic E-state index is 12.1. The molecular formula is C16H24O. The second kappa shape index (κ2) is 7.26. The molecule has 0 saturated carbocycles. The van der Waals surface area contributed by atoms with E-state index in [1.807, 2.05) is 19.1 Å². The highest BCUT2D eigenvalue weighted by Crippen LogP contribution is 2.16. The van der Waals surface area contributed by atoms with Crippen molar-refractivity contribution in [3.05, 3.63) is 34.9 Å². The molecule has 0 unspecified atom stereocenters. The first-order chi connectivity index (χ1) is 8.16. The van der Waals surface area contributed by atoms with Crippen molar-refractivity contribution < 1.29 is 4.79 Å². The molecule has 0 atom stereocenters. The van der Waals surface area contributed by atoms with Crippen LogP contribution in [-0.4, -0.2) is 5.78 Å². The minimum atomic E-state index is 0.308. The monoisotopic (exact) mass is 232 g/mol. The first kappa shape index (κ1) is 14.0. The highest BCUT2D eigenvalue weighted by molar-refractivity contribution is 5.97. The Morgan fingerprint density at radius 3 is 2.47 bits per heavy atom. The van der Waals surface area contributed by atoms with Crippen LogP contribution in [0.4, 0.5) is 0 Å². The van der Waals surface area contributed by atoms with E-state index in [4.69, 9.17) is 0 Å². The Kier molecular flexibility index (Phi) is 5.96. The van der Waals surface area contributed by atoms with E-state index in [1.165, 1.54) is 31.2 Å². The standard InChI is InChI=1S/C16H24O/c1-4-5-6-7-8-12-16(17)15-11-9-10-13(2)14(15)3/h9-11H,4-8,12H2,1-3H3. The van der Waals surface area contributed by atoms with E-state index in [9.17, 15) is 4.79 Å². The predicted octanol–water partition coefficient (Wildman–Crippen LogP) is 4.85. The molecule has 0 saturated heterocycles. The Hall–Kier alpha value is -1.11. The Labute approximate surface area is 105 Å². The van der Waals surface area contributed by atoms with E-state index in [0.717, 1.165) is 17.5 Å². The molecule has 94 valence electrons. The maximum atomic E-state index is 12.1. The summed E-state index contributed by atoms with van der Waals surface area (Å²) in [5.41, 5.74) is 3.27. The van der Waals surface area contributed by atoms with E-state index in [1.54, 1.807) is 0 Å². The molecule has 1 nitrogen and oxygen atoms in total. The van der Waals surface area contributed by atoms with Gasteiger partial charge in [0.25, 0.3) is 0 Å². The summed E-state index contributed by atoms with van der Waals surface area (Å²) in [5.74, 6) is 0.308. The molecule has 0 N–H and O–H groups in total. The summed E-state index contributed by atoms with van der Waals surface area (Å²) in [4.78, 5) is 12.1. The fourth-order valence-corrected chi connectivity index (χ4v) is 2.08. The lowest BCUT2D eigenvalue weighted by molar-refractivity contribution is 0.0978. The molecule has 1 aromatic rings. The van der Waals surface area contributed by atoms with Crippen LogP contribution in [0.25, 0.3) is 0 Å². The lowest BCUT2D eigenvalue weighted by Crippen LogP contribution is -2.02. The zero-order valence-corrected chi connectivity index (χ0v) is 11.4. The lowest BCUT2D eigenvalue weighted by Gasteiger charge is -2.07. The van der Waals surface area contributed by atoms with Crippen molar-refractivity contribution >= 4 is 5.78 Å². The fourth-order valence-electron chi connectivity index (χ4n) is 2.08. The number of rotatable bonds is 7. The van der Waals surface area contributed by atoms with Crippen molar-refractivity contribution in [3.63, 3.8) is 0 Å². The molecule has 0 aromatic heterocycles. The summed E-state index contributed by atoms with van der Waals surface area (Å²) in [5, 5.41) is 0. The number of unbranched alkanes of at least 4 members (excludes halogenated alkanes) is 4. The van der Waals surface area contributed by atoms with Gasteiger partial charge >= 0.3 is 0 Å². The Morgan fingerprint density at radius 1 is 1.06 bits per heavy atom. The first-order valence-corrected chi connectivity index (χ1v) is 6.76. The highest BCUT2D eigenvalue weighted by Gasteiger charge is 2.09. The van der Waals surface area contributed by atoms with Crippen molar-refractivity contribution in [3.8, 4) is 0 Å². The number of benzene rings is 1. The Morgan fingerprint density at radius 2 is 1.76 bits per heavy atom. The summed E-state index contributed by atoms with van der Waals surface area (Å²) in [6.07, 6.45) is 6.73. The molecule has 1 aromatic carbocycles. The van der Waals surface area contributed by atoms with Crippen LogP contribution in [0.2, 0.25) is 0 Å². The summed E-state index contributed by atoms with van der Waals surface area (Å²) in [7, 11) is 0. The Bertz CT molecular complexity index is 366. The molecule has 0 aliphatic rings. The molecule has 0 fully saturated rings. The first-order valence-electron chi connectivity index (χ1n) is 6.76. The lowest BCUT2D eigenvalue weighted by atomic mass is 9.97. The van der Waals surface area contributed by atoms with Crippen molar-refractivity contribution in [2.45, 2.75) is 59.3 Å². The van der Waals surface area contributed by atoms with E-state index in [2.05, 4.69) is 19.9 Å². The van der Waals surface area contributed by atoms with Gasteiger partial charge in [-0.05, 0) is 31.4 Å². The molecule has 1 rings (SSSR count). The van der Waals surface area contributed by atoms with Crippen LogP contribution in [0, 0.1) is 13.8 Å². The van der Waals surface area contributed by atoms with E-state index >= 15 is 0 Å². The number of hydrogen-bond donors (Lipinski definition) is 0. The molecular weight excluding hydrogens is 208 g/mol. The van der Waals surface area contributed by atoms with Gasteiger partial charge in [-0.15, -0.1) is 0 Å². The van der Waals surface area contributed by atoms with Crippen LogP contribution in [0.5, 0.6) is 0 Å². The van der Waals surface area contributed by atoms with Crippen molar-refractivity contribution in [1.29, 1.82) is 0 Å². The maximum Gasteiger partial charge on any atom is 0.163 e. The van der Waals surface area contributed by atoms with Crippen LogP contribution >= 0.6 is 0 Å². The minimum absolute atomic E-state index is 0.308. The number of carbonyl (C=O) groups excluding carboxylic acids is 1. The summed E-state index contributed by atoms with van der Waals surface area (Å²) < 4.78 is 0. The number of Topliss-reactive ketones (excluding diaryl/α,β-unsaturated/α-hetero) is 1. The molecule has 0 bridgehead atoms. The van der Waals surface area contributed by atoms with Gasteiger partial charge in [0.15, 0.2) is 5.78 Å². The SMILES string of the molecule is CCCCCCCC(=O)c1cccc(C)c1C. The average molecular weight is 232 g/mol. The van der Waals surface area contributed by atoms with Gasteiger partial charge < -0.3 is 0 Å². The van der Waals surface area contributed by atoms with E-state index in [0.29, 0.717) is 12.2 Å². The third kappa shape index (κ3) is 4.33. The number of ketones is 1. The summed E-state index contributed by atoms with van der Waals surface area (Å²) >= 11 is 0. The molecule has 0 aliphatic carbocycles. The summed E-state index contributed by atoms with van der Waals surface area (Å²) in [6, 6.07) is 6.00.